The van der Waals surface area contributed by atoms with Crippen molar-refractivity contribution in [1.29, 1.82) is 0 Å². The minimum Gasteiger partial charge on any atom is -0.381 e. The lowest BCUT2D eigenvalue weighted by Crippen LogP contribution is -1.98. The maximum absolute atomic E-state index is 3.76. The van der Waals surface area contributed by atoms with Gasteiger partial charge in [0, 0.05) is 12.2 Å². The predicted molar refractivity (Wildman–Crippen MR) is 70.3 cm³/mol. The molecule has 0 spiro atoms. The molecule has 1 nitrogen and oxygen atoms in total. The third kappa shape index (κ3) is 2.74. The van der Waals surface area contributed by atoms with Crippen LogP contribution in [0, 0.1) is 0 Å². The van der Waals surface area contributed by atoms with Crippen LogP contribution in [-0.4, -0.2) is 0 Å². The second kappa shape index (κ2) is 5.17. The number of rotatable bonds is 4. The summed E-state index contributed by atoms with van der Waals surface area (Å²) in [6.45, 7) is 4.61. The van der Waals surface area contributed by atoms with Crippen LogP contribution in [0.4, 0.5) is 5.69 Å². The molecule has 0 heterocycles. The molecule has 0 fully saturated rings. The minimum absolute atomic E-state index is 0.849. The number of benzene rings is 2. The zero-order valence-corrected chi connectivity index (χ0v) is 9.19. The smallest absolute Gasteiger partial charge is 0.0400 e. The van der Waals surface area contributed by atoms with E-state index in [1.165, 1.54) is 5.56 Å². The summed E-state index contributed by atoms with van der Waals surface area (Å²) in [5.41, 5.74) is 3.55. The normalized spacial score (nSPS) is 9.75. The average Bonchev–Trinajstić information content (AvgIpc) is 2.38. The van der Waals surface area contributed by atoms with Gasteiger partial charge in [-0.25, -0.2) is 0 Å². The molecule has 0 atom stereocenters. The van der Waals surface area contributed by atoms with Gasteiger partial charge in [-0.3, -0.25) is 0 Å². The summed E-state index contributed by atoms with van der Waals surface area (Å²) < 4.78 is 0. The molecule has 1 N–H and O–H groups in total. The Morgan fingerprint density at radius 1 is 1.00 bits per heavy atom. The summed E-state index contributed by atoms with van der Waals surface area (Å²) in [6, 6.07) is 18.6. The van der Waals surface area contributed by atoms with E-state index >= 15 is 0 Å². The largest absolute Gasteiger partial charge is 0.381 e. The van der Waals surface area contributed by atoms with Gasteiger partial charge in [-0.2, -0.15) is 0 Å². The van der Waals surface area contributed by atoms with Crippen LogP contribution in [0.25, 0.3) is 6.08 Å². The number of nitrogens with one attached hydrogen (secondary N) is 1. The topological polar surface area (TPSA) is 12.0 Å². The fourth-order valence-corrected chi connectivity index (χ4v) is 1.58. The zero-order valence-electron chi connectivity index (χ0n) is 9.19. The molecule has 2 aromatic rings. The molecule has 0 aliphatic rings. The highest BCUT2D eigenvalue weighted by Gasteiger charge is 1.93. The van der Waals surface area contributed by atoms with Crippen LogP contribution in [-0.2, 0) is 6.54 Å². The highest BCUT2D eigenvalue weighted by molar-refractivity contribution is 5.56. The molecular weight excluding hydrogens is 194 g/mol. The first-order valence-corrected chi connectivity index (χ1v) is 5.39. The SMILES string of the molecule is C=Cc1cccc(NCc2ccccc2)c1. The van der Waals surface area contributed by atoms with Crippen molar-refractivity contribution in [3.05, 3.63) is 72.3 Å². The zero-order chi connectivity index (χ0) is 11.2. The van der Waals surface area contributed by atoms with E-state index in [1.807, 2.05) is 24.3 Å². The quantitative estimate of drug-likeness (QED) is 0.804. The summed E-state index contributed by atoms with van der Waals surface area (Å²) in [7, 11) is 0. The minimum atomic E-state index is 0.849. The Morgan fingerprint density at radius 3 is 2.56 bits per heavy atom. The lowest BCUT2D eigenvalue weighted by atomic mass is 10.2. The van der Waals surface area contributed by atoms with Gasteiger partial charge in [0.15, 0.2) is 0 Å². The Kier molecular flexibility index (Phi) is 3.39. The van der Waals surface area contributed by atoms with E-state index in [-0.39, 0.29) is 0 Å². The van der Waals surface area contributed by atoms with Crippen LogP contribution in [0.2, 0.25) is 0 Å². The molecule has 0 aromatic heterocycles. The number of hydrogen-bond acceptors (Lipinski definition) is 1. The molecule has 1 heteroatoms. The standard InChI is InChI=1S/C15H15N/c1-2-13-9-6-10-15(11-13)16-12-14-7-4-3-5-8-14/h2-11,16H,1,12H2. The lowest BCUT2D eigenvalue weighted by molar-refractivity contribution is 1.15. The van der Waals surface area contributed by atoms with Gasteiger partial charge < -0.3 is 5.32 Å². The first kappa shape index (κ1) is 10.5. The second-order valence-corrected chi connectivity index (χ2v) is 3.67. The van der Waals surface area contributed by atoms with E-state index in [0.29, 0.717) is 0 Å². The first-order valence-electron chi connectivity index (χ1n) is 5.39. The van der Waals surface area contributed by atoms with Crippen molar-refractivity contribution < 1.29 is 0 Å². The summed E-state index contributed by atoms with van der Waals surface area (Å²) >= 11 is 0. The third-order valence-electron chi connectivity index (χ3n) is 2.46. The van der Waals surface area contributed by atoms with Crippen LogP contribution in [0.1, 0.15) is 11.1 Å². The van der Waals surface area contributed by atoms with Gasteiger partial charge in [0.25, 0.3) is 0 Å². The Morgan fingerprint density at radius 2 is 1.81 bits per heavy atom. The van der Waals surface area contributed by atoms with Crippen molar-refractivity contribution in [1.82, 2.24) is 0 Å². The molecule has 2 aromatic carbocycles. The van der Waals surface area contributed by atoms with Crippen molar-refractivity contribution in [3.63, 3.8) is 0 Å². The first-order chi connectivity index (χ1) is 7.88. The molecule has 16 heavy (non-hydrogen) atoms. The van der Waals surface area contributed by atoms with E-state index in [4.69, 9.17) is 0 Å². The molecule has 2 rings (SSSR count). The highest BCUT2D eigenvalue weighted by atomic mass is 14.9. The van der Waals surface area contributed by atoms with Crippen molar-refractivity contribution in [2.24, 2.45) is 0 Å². The van der Waals surface area contributed by atoms with Gasteiger partial charge in [0.1, 0.15) is 0 Å². The Labute approximate surface area is 96.4 Å². The molecule has 0 aliphatic heterocycles. The van der Waals surface area contributed by atoms with Crippen molar-refractivity contribution >= 4 is 11.8 Å². The van der Waals surface area contributed by atoms with Crippen LogP contribution in [0.15, 0.2) is 61.2 Å². The molecule has 0 amide bonds. The molecule has 0 aliphatic carbocycles. The maximum Gasteiger partial charge on any atom is 0.0400 e. The predicted octanol–water partition coefficient (Wildman–Crippen LogP) is 3.94. The lowest BCUT2D eigenvalue weighted by Gasteiger charge is -2.07. The highest BCUT2D eigenvalue weighted by Crippen LogP contribution is 2.12. The van der Waals surface area contributed by atoms with Gasteiger partial charge in [-0.1, -0.05) is 55.1 Å². The van der Waals surface area contributed by atoms with Crippen molar-refractivity contribution in [3.8, 4) is 0 Å². The van der Waals surface area contributed by atoms with Gasteiger partial charge in [0.05, 0.1) is 0 Å². The molecule has 80 valence electrons. The summed E-state index contributed by atoms with van der Waals surface area (Å²) in [5, 5.41) is 3.39. The van der Waals surface area contributed by atoms with E-state index in [1.54, 1.807) is 0 Å². The van der Waals surface area contributed by atoms with Crippen molar-refractivity contribution in [2.75, 3.05) is 5.32 Å². The van der Waals surface area contributed by atoms with Crippen LogP contribution in [0.5, 0.6) is 0 Å². The molecular formula is C15H15N. The second-order valence-electron chi connectivity index (χ2n) is 3.67. The molecule has 0 saturated carbocycles. The fraction of sp³-hybridized carbons (Fsp3) is 0.0667. The van der Waals surface area contributed by atoms with E-state index in [0.717, 1.165) is 17.8 Å². The van der Waals surface area contributed by atoms with E-state index < -0.39 is 0 Å². The van der Waals surface area contributed by atoms with Gasteiger partial charge in [-0.15, -0.1) is 0 Å². The maximum atomic E-state index is 3.76. The van der Waals surface area contributed by atoms with Gasteiger partial charge in [-0.05, 0) is 23.3 Å². The van der Waals surface area contributed by atoms with Gasteiger partial charge in [0.2, 0.25) is 0 Å². The Balaban J connectivity index is 2.02. The average molecular weight is 209 g/mol. The number of anilines is 1. The van der Waals surface area contributed by atoms with Crippen LogP contribution in [0.3, 0.4) is 0 Å². The van der Waals surface area contributed by atoms with Gasteiger partial charge >= 0.3 is 0 Å². The van der Waals surface area contributed by atoms with Crippen LogP contribution < -0.4 is 5.32 Å². The summed E-state index contributed by atoms with van der Waals surface area (Å²) in [5.74, 6) is 0. The third-order valence-corrected chi connectivity index (χ3v) is 2.46. The monoisotopic (exact) mass is 209 g/mol. The fourth-order valence-electron chi connectivity index (χ4n) is 1.58. The molecule has 0 radical (unpaired) electrons. The summed E-state index contributed by atoms with van der Waals surface area (Å²) in [4.78, 5) is 0. The van der Waals surface area contributed by atoms with E-state index in [9.17, 15) is 0 Å². The van der Waals surface area contributed by atoms with Crippen LogP contribution >= 0.6 is 0 Å². The molecule has 0 saturated heterocycles. The van der Waals surface area contributed by atoms with Crippen molar-refractivity contribution in [2.45, 2.75) is 6.54 Å². The Hall–Kier alpha value is -2.02. The van der Waals surface area contributed by atoms with E-state index in [2.05, 4.69) is 48.3 Å². The molecule has 0 unspecified atom stereocenters. The Bertz CT molecular complexity index is 460. The molecule has 0 bridgehead atoms. The number of hydrogen-bond donors (Lipinski definition) is 1. The summed E-state index contributed by atoms with van der Waals surface area (Å²) in [6.07, 6.45) is 1.85.